The van der Waals surface area contributed by atoms with Crippen LogP contribution in [0.4, 0.5) is 4.39 Å². The first kappa shape index (κ1) is 21.5. The van der Waals surface area contributed by atoms with Crippen LogP contribution >= 0.6 is 0 Å². The molecule has 1 aromatic heterocycles. The average molecular weight is 444 g/mol. The van der Waals surface area contributed by atoms with E-state index < -0.39 is 9.84 Å². The number of benzene rings is 2. The number of nitrogens with one attached hydrogen (secondary N) is 1. The van der Waals surface area contributed by atoms with Gasteiger partial charge in [-0.1, -0.05) is 36.8 Å². The lowest BCUT2D eigenvalue weighted by Crippen LogP contribution is -2.34. The molecule has 0 spiro atoms. The summed E-state index contributed by atoms with van der Waals surface area (Å²) in [7, 11) is -3.36. The van der Waals surface area contributed by atoms with Crippen molar-refractivity contribution in [1.82, 2.24) is 15.1 Å². The minimum Gasteiger partial charge on any atom is -0.489 e. The van der Waals surface area contributed by atoms with E-state index >= 15 is 0 Å². The van der Waals surface area contributed by atoms with Gasteiger partial charge in [-0.3, -0.25) is 10.00 Å². The van der Waals surface area contributed by atoms with Crippen molar-refractivity contribution in [2.75, 3.05) is 12.8 Å². The van der Waals surface area contributed by atoms with E-state index in [1.54, 1.807) is 6.07 Å². The molecule has 0 saturated carbocycles. The fraction of sp³-hybridized carbons (Fsp3) is 0.348. The predicted octanol–water partition coefficient (Wildman–Crippen LogP) is 4.26. The van der Waals surface area contributed by atoms with Crippen molar-refractivity contribution >= 4 is 9.84 Å². The van der Waals surface area contributed by atoms with Crippen LogP contribution in [-0.4, -0.2) is 36.3 Å². The third-order valence-corrected chi connectivity index (χ3v) is 6.73. The molecule has 1 atom stereocenters. The molecule has 1 aliphatic rings. The number of rotatable bonds is 7. The van der Waals surface area contributed by atoms with Crippen LogP contribution in [0.3, 0.4) is 0 Å². The second-order valence-corrected chi connectivity index (χ2v) is 9.91. The van der Waals surface area contributed by atoms with E-state index in [1.807, 2.05) is 30.3 Å². The highest BCUT2D eigenvalue weighted by molar-refractivity contribution is 7.90. The summed E-state index contributed by atoms with van der Waals surface area (Å²) < 4.78 is 43.9. The Morgan fingerprint density at radius 1 is 1.19 bits per heavy atom. The monoisotopic (exact) mass is 443 g/mol. The van der Waals surface area contributed by atoms with Gasteiger partial charge >= 0.3 is 0 Å². The molecular formula is C23H26FN3O3S. The van der Waals surface area contributed by atoms with Crippen molar-refractivity contribution in [3.05, 3.63) is 77.4 Å². The number of hydrogen-bond acceptors (Lipinski definition) is 5. The van der Waals surface area contributed by atoms with Crippen LogP contribution in [0.1, 0.15) is 42.1 Å². The van der Waals surface area contributed by atoms with Crippen LogP contribution in [0.5, 0.6) is 5.75 Å². The quantitative estimate of drug-likeness (QED) is 0.591. The summed E-state index contributed by atoms with van der Waals surface area (Å²) in [6.07, 6.45) is 5.54. The largest absolute Gasteiger partial charge is 0.489 e. The molecule has 1 fully saturated rings. The Labute approximate surface area is 182 Å². The van der Waals surface area contributed by atoms with E-state index in [2.05, 4.69) is 15.1 Å². The van der Waals surface area contributed by atoms with Crippen LogP contribution in [-0.2, 0) is 23.0 Å². The van der Waals surface area contributed by atoms with E-state index in [4.69, 9.17) is 4.74 Å². The number of halogens is 1. The van der Waals surface area contributed by atoms with Gasteiger partial charge in [0.15, 0.2) is 9.84 Å². The van der Waals surface area contributed by atoms with Gasteiger partial charge in [0.2, 0.25) is 0 Å². The minimum absolute atomic E-state index is 0.0581. The summed E-state index contributed by atoms with van der Waals surface area (Å²) in [6.45, 7) is 1.74. The Morgan fingerprint density at radius 3 is 2.84 bits per heavy atom. The maximum atomic E-state index is 13.5. The van der Waals surface area contributed by atoms with Gasteiger partial charge in [-0.05, 0) is 43.1 Å². The van der Waals surface area contributed by atoms with Gasteiger partial charge in [0.25, 0.3) is 0 Å². The summed E-state index contributed by atoms with van der Waals surface area (Å²) in [5, 5.41) is 6.93. The molecule has 164 valence electrons. The molecule has 1 N–H and O–H groups in total. The molecule has 4 rings (SSSR count). The Kier molecular flexibility index (Phi) is 6.38. The molecule has 0 aliphatic carbocycles. The fourth-order valence-electron chi connectivity index (χ4n) is 4.11. The molecule has 0 bridgehead atoms. The Bertz CT molecular complexity index is 1150. The number of nitrogens with zero attached hydrogens (tertiary/aromatic N) is 2. The topological polar surface area (TPSA) is 75.3 Å². The molecule has 1 saturated heterocycles. The average Bonchev–Trinajstić information content (AvgIpc) is 3.24. The molecule has 3 aromatic rings. The second kappa shape index (κ2) is 9.20. The summed E-state index contributed by atoms with van der Waals surface area (Å²) in [5.41, 5.74) is 2.42. The number of ether oxygens (including phenoxy) is 1. The zero-order valence-corrected chi connectivity index (χ0v) is 18.2. The first-order valence-electron chi connectivity index (χ1n) is 10.3. The van der Waals surface area contributed by atoms with Gasteiger partial charge in [0.05, 0.1) is 17.9 Å². The lowest BCUT2D eigenvalue weighted by molar-refractivity contribution is 0.133. The van der Waals surface area contributed by atoms with Crippen LogP contribution in [0.15, 0.2) is 59.6 Å². The van der Waals surface area contributed by atoms with Crippen molar-refractivity contribution < 1.29 is 17.5 Å². The van der Waals surface area contributed by atoms with Gasteiger partial charge in [0, 0.05) is 18.4 Å². The minimum atomic E-state index is -3.36. The summed E-state index contributed by atoms with van der Waals surface area (Å²) in [4.78, 5) is 2.54. The number of aromatic amines is 1. The molecule has 2 aromatic carbocycles. The number of piperidine rings is 1. The normalized spacial score (nSPS) is 17.5. The highest BCUT2D eigenvalue weighted by Crippen LogP contribution is 2.35. The highest BCUT2D eigenvalue weighted by atomic mass is 32.2. The smallest absolute Gasteiger partial charge is 0.178 e. The summed E-state index contributed by atoms with van der Waals surface area (Å²) in [6, 6.07) is 14.1. The number of sulfone groups is 1. The SMILES string of the molecule is CS(=O)(=O)c1cn[nH]c1[C@H]1CCCCN1Cc1ccccc1OCc1cccc(F)c1. The lowest BCUT2D eigenvalue weighted by Gasteiger charge is -2.35. The van der Waals surface area contributed by atoms with Crippen LogP contribution in [0, 0.1) is 5.82 Å². The first-order chi connectivity index (χ1) is 14.9. The molecule has 6 nitrogen and oxygen atoms in total. The summed E-state index contributed by atoms with van der Waals surface area (Å²) in [5.74, 6) is 0.454. The van der Waals surface area contributed by atoms with Gasteiger partial charge in [-0.25, -0.2) is 12.8 Å². The van der Waals surface area contributed by atoms with Crippen LogP contribution in [0.2, 0.25) is 0 Å². The number of H-pyrrole nitrogens is 1. The van der Waals surface area contributed by atoms with E-state index in [1.165, 1.54) is 24.6 Å². The van der Waals surface area contributed by atoms with Gasteiger partial charge in [-0.2, -0.15) is 5.10 Å². The highest BCUT2D eigenvalue weighted by Gasteiger charge is 2.30. The third-order valence-electron chi connectivity index (χ3n) is 5.61. The van der Waals surface area contributed by atoms with E-state index in [0.29, 0.717) is 12.2 Å². The number of hydrogen-bond donors (Lipinski definition) is 1. The first-order valence-corrected chi connectivity index (χ1v) is 12.2. The van der Waals surface area contributed by atoms with Gasteiger partial charge in [-0.15, -0.1) is 0 Å². The van der Waals surface area contributed by atoms with Crippen molar-refractivity contribution in [3.63, 3.8) is 0 Å². The van der Waals surface area contributed by atoms with E-state index in [-0.39, 0.29) is 23.4 Å². The number of likely N-dealkylation sites (tertiary alicyclic amines) is 1. The van der Waals surface area contributed by atoms with Crippen molar-refractivity contribution in [3.8, 4) is 5.75 Å². The molecule has 8 heteroatoms. The van der Waals surface area contributed by atoms with Gasteiger partial charge in [0.1, 0.15) is 23.1 Å². The molecule has 0 unspecified atom stereocenters. The molecule has 2 heterocycles. The molecule has 0 radical (unpaired) electrons. The molecule has 31 heavy (non-hydrogen) atoms. The van der Waals surface area contributed by atoms with E-state index in [0.717, 1.165) is 42.7 Å². The third kappa shape index (κ3) is 5.14. The Balaban J connectivity index is 1.55. The maximum absolute atomic E-state index is 13.5. The zero-order valence-electron chi connectivity index (χ0n) is 17.4. The lowest BCUT2D eigenvalue weighted by atomic mass is 9.98. The Hall–Kier alpha value is -2.71. The molecule has 0 amide bonds. The number of para-hydroxylation sites is 1. The fourth-order valence-corrected chi connectivity index (χ4v) is 4.93. The van der Waals surface area contributed by atoms with Crippen LogP contribution < -0.4 is 4.74 Å². The maximum Gasteiger partial charge on any atom is 0.178 e. The van der Waals surface area contributed by atoms with Crippen LogP contribution in [0.25, 0.3) is 0 Å². The Morgan fingerprint density at radius 2 is 2.03 bits per heavy atom. The predicted molar refractivity (Wildman–Crippen MR) is 116 cm³/mol. The second-order valence-electron chi connectivity index (χ2n) is 7.93. The van der Waals surface area contributed by atoms with Crippen molar-refractivity contribution in [2.45, 2.75) is 43.4 Å². The van der Waals surface area contributed by atoms with Gasteiger partial charge < -0.3 is 4.74 Å². The van der Waals surface area contributed by atoms with Crippen molar-refractivity contribution in [2.24, 2.45) is 0 Å². The number of aromatic nitrogens is 2. The zero-order chi connectivity index (χ0) is 21.8. The van der Waals surface area contributed by atoms with Crippen molar-refractivity contribution in [1.29, 1.82) is 0 Å². The van der Waals surface area contributed by atoms with E-state index in [9.17, 15) is 12.8 Å². The molecular weight excluding hydrogens is 417 g/mol. The molecule has 1 aliphatic heterocycles. The summed E-state index contributed by atoms with van der Waals surface area (Å²) >= 11 is 0. The standard InChI is InChI=1S/C23H26FN3O3S/c1-31(28,29)22-14-25-26-23(22)20-10-4-5-12-27(20)15-18-8-2-3-11-21(18)30-16-17-7-6-9-19(24)13-17/h2-3,6-9,11,13-14,20H,4-5,10,12,15-16H2,1H3,(H,25,26)/t20-/m1/s1.